The van der Waals surface area contributed by atoms with E-state index in [1.807, 2.05) is 39.0 Å². The van der Waals surface area contributed by atoms with E-state index in [9.17, 15) is 13.2 Å². The third kappa shape index (κ3) is 4.99. The molecule has 200 valence electrons. The number of alkyl halides is 3. The van der Waals surface area contributed by atoms with Crippen molar-refractivity contribution in [3.8, 4) is 11.5 Å². The number of fused-ring (bicyclic) bond motifs is 1. The molecule has 0 atom stereocenters. The molecule has 39 heavy (non-hydrogen) atoms. The first-order valence-electron chi connectivity index (χ1n) is 12.5. The number of nitrogens with one attached hydrogen (secondary N) is 1. The minimum absolute atomic E-state index is 0.0406. The smallest absolute Gasteiger partial charge is 0.354 e. The zero-order chi connectivity index (χ0) is 27.7. The molecule has 0 aliphatic heterocycles. The van der Waals surface area contributed by atoms with Gasteiger partial charge in [0, 0.05) is 27.6 Å². The molecule has 0 saturated carbocycles. The van der Waals surface area contributed by atoms with E-state index in [1.54, 1.807) is 24.5 Å². The summed E-state index contributed by atoms with van der Waals surface area (Å²) in [7, 11) is 0. The van der Waals surface area contributed by atoms with E-state index < -0.39 is 11.9 Å². The SMILES string of the molecule is C=C(Nc1cnc(-n2nccn2)c(CCC)c1)c1cnn(-c2cnc(C(C)C)c3ccccc23)c1C(F)(F)F. The second-order valence-corrected chi connectivity index (χ2v) is 9.42. The van der Waals surface area contributed by atoms with Crippen molar-refractivity contribution >= 4 is 22.2 Å². The molecule has 0 amide bonds. The largest absolute Gasteiger partial charge is 0.434 e. The van der Waals surface area contributed by atoms with Gasteiger partial charge in [-0.3, -0.25) is 4.98 Å². The van der Waals surface area contributed by atoms with E-state index >= 15 is 0 Å². The zero-order valence-corrected chi connectivity index (χ0v) is 21.7. The highest BCUT2D eigenvalue weighted by Gasteiger charge is 2.39. The summed E-state index contributed by atoms with van der Waals surface area (Å²) in [5.74, 6) is 0.663. The second-order valence-electron chi connectivity index (χ2n) is 9.42. The van der Waals surface area contributed by atoms with Gasteiger partial charge < -0.3 is 5.32 Å². The Kier molecular flexibility index (Phi) is 6.90. The van der Waals surface area contributed by atoms with Gasteiger partial charge in [-0.2, -0.15) is 28.5 Å². The third-order valence-electron chi connectivity index (χ3n) is 6.31. The van der Waals surface area contributed by atoms with Gasteiger partial charge >= 0.3 is 6.18 Å². The summed E-state index contributed by atoms with van der Waals surface area (Å²) < 4.78 is 44.5. The summed E-state index contributed by atoms with van der Waals surface area (Å²) in [6.07, 6.45) is 4.05. The summed E-state index contributed by atoms with van der Waals surface area (Å²) in [4.78, 5) is 10.4. The Morgan fingerprint density at radius 1 is 1.00 bits per heavy atom. The van der Waals surface area contributed by atoms with Crippen molar-refractivity contribution in [2.45, 2.75) is 45.7 Å². The Balaban J connectivity index is 1.55. The van der Waals surface area contributed by atoms with Crippen molar-refractivity contribution in [1.29, 1.82) is 0 Å². The number of anilines is 1. The molecule has 8 nitrogen and oxygen atoms in total. The summed E-state index contributed by atoms with van der Waals surface area (Å²) in [5, 5.41) is 16.8. The molecule has 0 unspecified atom stereocenters. The Hall–Kier alpha value is -4.54. The first-order valence-corrected chi connectivity index (χ1v) is 12.5. The van der Waals surface area contributed by atoms with Crippen molar-refractivity contribution in [1.82, 2.24) is 34.7 Å². The fourth-order valence-electron chi connectivity index (χ4n) is 4.62. The van der Waals surface area contributed by atoms with Gasteiger partial charge in [0.1, 0.15) is 0 Å². The Labute approximate surface area is 223 Å². The summed E-state index contributed by atoms with van der Waals surface area (Å²) in [5.41, 5.74) is 1.32. The highest BCUT2D eigenvalue weighted by molar-refractivity contribution is 5.92. The maximum absolute atomic E-state index is 14.5. The van der Waals surface area contributed by atoms with Gasteiger partial charge in [0.25, 0.3) is 0 Å². The molecular weight excluding hydrogens is 505 g/mol. The molecule has 4 aromatic heterocycles. The lowest BCUT2D eigenvalue weighted by Crippen LogP contribution is -2.17. The van der Waals surface area contributed by atoms with Crippen LogP contribution in [0.1, 0.15) is 55.6 Å². The lowest BCUT2D eigenvalue weighted by Gasteiger charge is -2.17. The average Bonchev–Trinajstić information content (AvgIpc) is 3.59. The fourth-order valence-corrected chi connectivity index (χ4v) is 4.62. The molecule has 0 fully saturated rings. The predicted molar refractivity (Wildman–Crippen MR) is 144 cm³/mol. The molecular formula is C28H27F3N8. The van der Waals surface area contributed by atoms with Gasteiger partial charge in [0.2, 0.25) is 0 Å². The van der Waals surface area contributed by atoms with Crippen LogP contribution in [-0.4, -0.2) is 34.7 Å². The molecule has 5 aromatic rings. The second kappa shape index (κ2) is 10.3. The quantitative estimate of drug-likeness (QED) is 0.243. The highest BCUT2D eigenvalue weighted by atomic mass is 19.4. The lowest BCUT2D eigenvalue weighted by atomic mass is 10.0. The summed E-state index contributed by atoms with van der Waals surface area (Å²) in [6.45, 7) is 9.93. The predicted octanol–water partition coefficient (Wildman–Crippen LogP) is 6.57. The van der Waals surface area contributed by atoms with E-state index in [2.05, 4.69) is 37.2 Å². The van der Waals surface area contributed by atoms with Gasteiger partial charge in [-0.05, 0) is 18.4 Å². The lowest BCUT2D eigenvalue weighted by molar-refractivity contribution is -0.143. The topological polar surface area (TPSA) is 86.3 Å². The van der Waals surface area contributed by atoms with Crippen LogP contribution in [-0.2, 0) is 12.6 Å². The van der Waals surface area contributed by atoms with Crippen molar-refractivity contribution < 1.29 is 13.2 Å². The third-order valence-corrected chi connectivity index (χ3v) is 6.31. The molecule has 0 aliphatic carbocycles. The van der Waals surface area contributed by atoms with Crippen molar-refractivity contribution in [3.63, 3.8) is 0 Å². The molecule has 0 spiro atoms. The van der Waals surface area contributed by atoms with Crippen molar-refractivity contribution in [2.24, 2.45) is 0 Å². The minimum atomic E-state index is -4.71. The van der Waals surface area contributed by atoms with E-state index in [-0.39, 0.29) is 22.9 Å². The number of aryl methyl sites for hydroxylation is 1. The van der Waals surface area contributed by atoms with Crippen LogP contribution in [0.5, 0.6) is 0 Å². The molecule has 0 aliphatic rings. The Bertz CT molecular complexity index is 1630. The fraction of sp³-hybridized carbons (Fsp3) is 0.250. The minimum Gasteiger partial charge on any atom is -0.354 e. The Morgan fingerprint density at radius 3 is 2.38 bits per heavy atom. The van der Waals surface area contributed by atoms with Crippen LogP contribution >= 0.6 is 0 Å². The van der Waals surface area contributed by atoms with E-state index in [1.165, 1.54) is 23.4 Å². The maximum atomic E-state index is 14.5. The van der Waals surface area contributed by atoms with Crippen molar-refractivity contribution in [3.05, 3.63) is 90.4 Å². The molecule has 11 heteroatoms. The number of hydrogen-bond acceptors (Lipinski definition) is 6. The van der Waals surface area contributed by atoms with Gasteiger partial charge in [-0.15, -0.1) is 4.80 Å². The molecule has 1 aromatic carbocycles. The van der Waals surface area contributed by atoms with Crippen LogP contribution in [0.25, 0.3) is 28.0 Å². The molecule has 1 N–H and O–H groups in total. The molecule has 0 bridgehead atoms. The van der Waals surface area contributed by atoms with Crippen LogP contribution in [0.2, 0.25) is 0 Å². The van der Waals surface area contributed by atoms with Gasteiger partial charge in [0.15, 0.2) is 11.5 Å². The number of aromatic nitrogens is 7. The van der Waals surface area contributed by atoms with Crippen LogP contribution < -0.4 is 5.32 Å². The Morgan fingerprint density at radius 2 is 1.72 bits per heavy atom. The first-order chi connectivity index (χ1) is 18.7. The first kappa shape index (κ1) is 26.1. The number of rotatable bonds is 8. The molecule has 4 heterocycles. The van der Waals surface area contributed by atoms with Crippen LogP contribution in [0.4, 0.5) is 18.9 Å². The van der Waals surface area contributed by atoms with E-state index in [4.69, 9.17) is 0 Å². The van der Waals surface area contributed by atoms with Gasteiger partial charge in [0.05, 0.1) is 48.1 Å². The standard InChI is InChI=1S/C28H27F3N8/c1-5-8-19-13-20(14-33-27(19)39-34-11-12-35-39)37-18(4)23-15-36-38(26(23)28(29,30)31)24-16-32-25(17(2)3)22-10-7-6-9-21(22)24/h6-7,9-17,37H,4-5,8H2,1-3H3. The van der Waals surface area contributed by atoms with Crippen molar-refractivity contribution in [2.75, 3.05) is 5.32 Å². The van der Waals surface area contributed by atoms with E-state index in [0.29, 0.717) is 23.3 Å². The number of pyridine rings is 2. The summed E-state index contributed by atoms with van der Waals surface area (Å²) in [6, 6.07) is 9.10. The summed E-state index contributed by atoms with van der Waals surface area (Å²) >= 11 is 0. The van der Waals surface area contributed by atoms with Crippen LogP contribution in [0.15, 0.2) is 67.9 Å². The normalized spacial score (nSPS) is 11.9. The number of halogens is 3. The molecule has 0 saturated heterocycles. The van der Waals surface area contributed by atoms with Crippen LogP contribution in [0.3, 0.4) is 0 Å². The number of hydrogen-bond donors (Lipinski definition) is 1. The van der Waals surface area contributed by atoms with Gasteiger partial charge in [-0.25, -0.2) is 9.67 Å². The van der Waals surface area contributed by atoms with Crippen LogP contribution in [0, 0.1) is 0 Å². The number of benzene rings is 1. The van der Waals surface area contributed by atoms with E-state index in [0.717, 1.165) is 27.7 Å². The molecule has 5 rings (SSSR count). The highest BCUT2D eigenvalue weighted by Crippen LogP contribution is 2.38. The average molecular weight is 533 g/mol. The zero-order valence-electron chi connectivity index (χ0n) is 21.7. The molecule has 0 radical (unpaired) electrons. The maximum Gasteiger partial charge on any atom is 0.434 e. The van der Waals surface area contributed by atoms with Gasteiger partial charge in [-0.1, -0.05) is 58.0 Å². The number of nitrogens with zero attached hydrogens (tertiary/aromatic N) is 7. The monoisotopic (exact) mass is 532 g/mol.